The van der Waals surface area contributed by atoms with Crippen molar-refractivity contribution >= 4 is 11.8 Å². The molecule has 5 nitrogen and oxygen atoms in total. The largest absolute Gasteiger partial charge is 0.465 e. The molecule has 15 heavy (non-hydrogen) atoms. The van der Waals surface area contributed by atoms with E-state index >= 15 is 0 Å². The number of ether oxygens (including phenoxy) is 1. The third-order valence-electron chi connectivity index (χ3n) is 1.67. The Morgan fingerprint density at radius 3 is 3.00 bits per heavy atom. The van der Waals surface area contributed by atoms with Crippen LogP contribution in [0.2, 0.25) is 0 Å². The lowest BCUT2D eigenvalue weighted by atomic mass is 10.4. The lowest BCUT2D eigenvalue weighted by Crippen LogP contribution is -2.18. The summed E-state index contributed by atoms with van der Waals surface area (Å²) in [7, 11) is 0. The van der Waals surface area contributed by atoms with Gasteiger partial charge in [0, 0.05) is 0 Å². The molecule has 1 aromatic rings. The Hall–Kier alpha value is -1.72. The Labute approximate surface area is 86.7 Å². The molecule has 6 heteroatoms. The molecule has 0 aliphatic carbocycles. The van der Waals surface area contributed by atoms with E-state index in [9.17, 15) is 9.18 Å². The molecule has 0 saturated heterocycles. The van der Waals surface area contributed by atoms with E-state index in [1.54, 1.807) is 6.92 Å². The highest BCUT2D eigenvalue weighted by atomic mass is 19.1. The summed E-state index contributed by atoms with van der Waals surface area (Å²) in [6.07, 6.45) is 1.23. The van der Waals surface area contributed by atoms with E-state index in [4.69, 9.17) is 0 Å². The van der Waals surface area contributed by atoms with E-state index in [1.807, 2.05) is 0 Å². The smallest absolute Gasteiger partial charge is 0.325 e. The molecule has 0 unspecified atom stereocenters. The van der Waals surface area contributed by atoms with Crippen LogP contribution < -0.4 is 5.32 Å². The molecule has 0 atom stereocenters. The number of halogens is 1. The summed E-state index contributed by atoms with van der Waals surface area (Å²) in [5, 5.41) is 2.54. The van der Waals surface area contributed by atoms with Crippen molar-refractivity contribution in [3.63, 3.8) is 0 Å². The molecule has 0 fully saturated rings. The Bertz CT molecular complexity index is 357. The highest BCUT2D eigenvalue weighted by Gasteiger charge is 2.08. The first kappa shape index (κ1) is 11.4. The highest BCUT2D eigenvalue weighted by Crippen LogP contribution is 2.10. The number of hydrogen-bond acceptors (Lipinski definition) is 5. The van der Waals surface area contributed by atoms with Gasteiger partial charge in [0.1, 0.15) is 12.9 Å². The van der Waals surface area contributed by atoms with Crippen LogP contribution in [0.15, 0.2) is 6.33 Å². The summed E-state index contributed by atoms with van der Waals surface area (Å²) in [6, 6.07) is 0. The fourth-order valence-corrected chi connectivity index (χ4v) is 0.949. The zero-order valence-electron chi connectivity index (χ0n) is 8.58. The monoisotopic (exact) mass is 213 g/mol. The molecule has 0 bridgehead atoms. The number of esters is 1. The predicted molar refractivity (Wildman–Crippen MR) is 51.8 cm³/mol. The van der Waals surface area contributed by atoms with Crippen molar-refractivity contribution in [2.75, 3.05) is 18.5 Å². The predicted octanol–water partition coefficient (Wildman–Crippen LogP) is 0.899. The van der Waals surface area contributed by atoms with Crippen LogP contribution in [0.3, 0.4) is 0 Å². The summed E-state index contributed by atoms with van der Waals surface area (Å²) in [5.41, 5.74) is 0.233. The topological polar surface area (TPSA) is 64.1 Å². The van der Waals surface area contributed by atoms with Crippen LogP contribution in [-0.2, 0) is 9.53 Å². The lowest BCUT2D eigenvalue weighted by molar-refractivity contribution is -0.140. The summed E-state index contributed by atoms with van der Waals surface area (Å²) in [6.45, 7) is 3.41. The van der Waals surface area contributed by atoms with Gasteiger partial charge >= 0.3 is 5.97 Å². The van der Waals surface area contributed by atoms with Crippen molar-refractivity contribution in [2.45, 2.75) is 13.8 Å². The molecular weight excluding hydrogens is 201 g/mol. The number of carbonyl (C=O) groups excluding carboxylic acids is 1. The first-order valence-electron chi connectivity index (χ1n) is 4.51. The van der Waals surface area contributed by atoms with Crippen molar-refractivity contribution in [2.24, 2.45) is 0 Å². The third-order valence-corrected chi connectivity index (χ3v) is 1.67. The van der Waals surface area contributed by atoms with Gasteiger partial charge in [-0.2, -0.15) is 0 Å². The van der Waals surface area contributed by atoms with Gasteiger partial charge in [0.2, 0.25) is 0 Å². The second-order valence-electron chi connectivity index (χ2n) is 2.78. The Kier molecular flexibility index (Phi) is 3.96. The zero-order valence-corrected chi connectivity index (χ0v) is 8.58. The van der Waals surface area contributed by atoms with E-state index in [2.05, 4.69) is 20.0 Å². The maximum absolute atomic E-state index is 13.3. The van der Waals surface area contributed by atoms with Crippen molar-refractivity contribution in [3.05, 3.63) is 17.8 Å². The van der Waals surface area contributed by atoms with Gasteiger partial charge in [-0.25, -0.2) is 14.4 Å². The van der Waals surface area contributed by atoms with Crippen molar-refractivity contribution in [1.82, 2.24) is 9.97 Å². The number of hydrogen-bond donors (Lipinski definition) is 1. The maximum atomic E-state index is 13.3. The van der Waals surface area contributed by atoms with Gasteiger partial charge in [0.25, 0.3) is 0 Å². The van der Waals surface area contributed by atoms with Crippen LogP contribution in [0.4, 0.5) is 10.2 Å². The SMILES string of the molecule is CCOC(=O)CNc1ncnc(C)c1F. The van der Waals surface area contributed by atoms with Gasteiger partial charge in [-0.15, -0.1) is 0 Å². The van der Waals surface area contributed by atoms with Gasteiger partial charge in [-0.1, -0.05) is 0 Å². The molecule has 1 heterocycles. The van der Waals surface area contributed by atoms with Gasteiger partial charge in [0.05, 0.1) is 12.3 Å². The number of carbonyl (C=O) groups is 1. The van der Waals surface area contributed by atoms with E-state index in [0.717, 1.165) is 0 Å². The maximum Gasteiger partial charge on any atom is 0.325 e. The van der Waals surface area contributed by atoms with Crippen LogP contribution in [-0.4, -0.2) is 29.1 Å². The molecule has 0 aromatic carbocycles. The molecule has 0 aliphatic rings. The molecule has 1 aromatic heterocycles. The van der Waals surface area contributed by atoms with E-state index in [1.165, 1.54) is 13.3 Å². The molecule has 0 spiro atoms. The Morgan fingerprint density at radius 1 is 1.60 bits per heavy atom. The number of aromatic nitrogens is 2. The van der Waals surface area contributed by atoms with E-state index in [-0.39, 0.29) is 18.1 Å². The first-order chi connectivity index (χ1) is 7.15. The second kappa shape index (κ2) is 5.23. The van der Waals surface area contributed by atoms with Gasteiger partial charge in [-0.3, -0.25) is 4.79 Å². The number of nitrogens with one attached hydrogen (secondary N) is 1. The molecule has 0 radical (unpaired) electrons. The molecule has 0 aliphatic heterocycles. The minimum atomic E-state index is -0.554. The van der Waals surface area contributed by atoms with Gasteiger partial charge < -0.3 is 10.1 Å². The van der Waals surface area contributed by atoms with Gasteiger partial charge in [0.15, 0.2) is 11.6 Å². The minimum Gasteiger partial charge on any atom is -0.465 e. The van der Waals surface area contributed by atoms with E-state index in [0.29, 0.717) is 6.61 Å². The average Bonchev–Trinajstić information content (AvgIpc) is 2.21. The summed E-state index contributed by atoms with van der Waals surface area (Å²) in [5.74, 6) is -0.995. The Balaban J connectivity index is 2.58. The lowest BCUT2D eigenvalue weighted by Gasteiger charge is -2.06. The molecular formula is C9H12FN3O2. The van der Waals surface area contributed by atoms with Crippen LogP contribution in [0.5, 0.6) is 0 Å². The van der Waals surface area contributed by atoms with Crippen LogP contribution in [0.25, 0.3) is 0 Å². The van der Waals surface area contributed by atoms with Crippen LogP contribution in [0.1, 0.15) is 12.6 Å². The quantitative estimate of drug-likeness (QED) is 0.753. The normalized spacial score (nSPS) is 9.80. The van der Waals surface area contributed by atoms with Gasteiger partial charge in [-0.05, 0) is 13.8 Å². The zero-order chi connectivity index (χ0) is 11.3. The molecule has 1 N–H and O–H groups in total. The second-order valence-corrected chi connectivity index (χ2v) is 2.78. The van der Waals surface area contributed by atoms with Crippen molar-refractivity contribution < 1.29 is 13.9 Å². The van der Waals surface area contributed by atoms with Crippen LogP contribution >= 0.6 is 0 Å². The fraction of sp³-hybridized carbons (Fsp3) is 0.444. The highest BCUT2D eigenvalue weighted by molar-refractivity contribution is 5.74. The molecule has 1 rings (SSSR count). The minimum absolute atomic E-state index is 0.00977. The number of nitrogens with zero attached hydrogens (tertiary/aromatic N) is 2. The Morgan fingerprint density at radius 2 is 2.33 bits per heavy atom. The van der Waals surface area contributed by atoms with Crippen molar-refractivity contribution in [1.29, 1.82) is 0 Å². The van der Waals surface area contributed by atoms with Crippen molar-refractivity contribution in [3.8, 4) is 0 Å². The summed E-state index contributed by atoms with van der Waals surface area (Å²) in [4.78, 5) is 18.3. The van der Waals surface area contributed by atoms with Crippen LogP contribution in [0, 0.1) is 12.7 Å². The number of anilines is 1. The molecule has 0 saturated carbocycles. The first-order valence-corrected chi connectivity index (χ1v) is 4.51. The standard InChI is InChI=1S/C9H12FN3O2/c1-3-15-7(14)4-11-9-8(10)6(2)12-5-13-9/h5H,3-4H2,1-2H3,(H,11,12,13). The molecule has 0 amide bonds. The number of rotatable bonds is 4. The average molecular weight is 213 g/mol. The molecule has 82 valence electrons. The number of aryl methyl sites for hydroxylation is 1. The summed E-state index contributed by atoms with van der Waals surface area (Å²) >= 11 is 0. The third kappa shape index (κ3) is 3.16. The van der Waals surface area contributed by atoms with E-state index < -0.39 is 11.8 Å². The fourth-order valence-electron chi connectivity index (χ4n) is 0.949. The summed E-state index contributed by atoms with van der Waals surface area (Å²) < 4.78 is 18.0.